The summed E-state index contributed by atoms with van der Waals surface area (Å²) in [5.41, 5.74) is -11.4. The second-order valence-corrected chi connectivity index (χ2v) is 20.8. The van der Waals surface area contributed by atoms with Gasteiger partial charge >= 0.3 is 30.0 Å². The van der Waals surface area contributed by atoms with Gasteiger partial charge in [0.05, 0.1) is 41.6 Å². The Morgan fingerprint density at radius 2 is 1.54 bits per heavy atom. The number of benzene rings is 2. The van der Waals surface area contributed by atoms with Gasteiger partial charge in [0.1, 0.15) is 72.2 Å². The van der Waals surface area contributed by atoms with Crippen LogP contribution in [0.2, 0.25) is 0 Å². The highest BCUT2D eigenvalue weighted by atomic mass is 16.7. The van der Waals surface area contributed by atoms with Crippen molar-refractivity contribution in [2.75, 3.05) is 19.8 Å². The summed E-state index contributed by atoms with van der Waals surface area (Å²) >= 11 is 0. The zero-order valence-electron chi connectivity index (χ0n) is 40.6. The summed E-state index contributed by atoms with van der Waals surface area (Å²) in [5.74, 6) is -7.21. The highest BCUT2D eigenvalue weighted by molar-refractivity contribution is 5.96. The maximum absolute atomic E-state index is 15.6. The van der Waals surface area contributed by atoms with Crippen molar-refractivity contribution >= 4 is 35.8 Å². The average molecular weight is 1010 g/mol. The lowest BCUT2D eigenvalue weighted by Gasteiger charge is -2.78. The monoisotopic (exact) mass is 1010 g/mol. The minimum atomic E-state index is -2.45. The number of alkyl carbamates (subject to hydrolysis) is 1. The lowest BCUT2D eigenvalue weighted by molar-refractivity contribution is -0.376. The van der Waals surface area contributed by atoms with Crippen LogP contribution in [0.4, 0.5) is 4.79 Å². The molecule has 8 rings (SSSR count). The molecule has 17 atom stereocenters. The predicted molar refractivity (Wildman–Crippen MR) is 240 cm³/mol. The minimum Gasteiger partial charge on any atom is -0.459 e. The van der Waals surface area contributed by atoms with E-state index in [0.29, 0.717) is 0 Å². The van der Waals surface area contributed by atoms with Crippen molar-refractivity contribution in [1.82, 2.24) is 5.32 Å². The van der Waals surface area contributed by atoms with Gasteiger partial charge in [-0.05, 0) is 70.4 Å². The van der Waals surface area contributed by atoms with Gasteiger partial charge in [-0.15, -0.1) is 0 Å². The molecular formula is C50H61NO21. The molecular weight excluding hydrogens is 951 g/mol. The third kappa shape index (κ3) is 8.19. The minimum absolute atomic E-state index is 0.0152. The Bertz CT molecular complexity index is 2500. The molecule has 8 N–H and O–H groups in total. The van der Waals surface area contributed by atoms with E-state index in [0.717, 1.165) is 6.92 Å². The summed E-state index contributed by atoms with van der Waals surface area (Å²) < 4.78 is 46.9. The molecule has 2 heterocycles. The zero-order valence-corrected chi connectivity index (χ0v) is 40.6. The van der Waals surface area contributed by atoms with E-state index in [9.17, 15) is 59.7 Å². The highest BCUT2D eigenvalue weighted by Crippen LogP contribution is 2.78. The standard InChI is InChI=1S/C50H61NO21/c1-23-31-34(56)39(60)46(6)28(68-30(54)20-65-43-37(59)36(58)33(55)27(19-52)67-43)18-29-48(22-66-29,70-24(2)53)38(46)40(69-41(61)26-16-12-9-13-17-26)49(64)21-50(23,47(31,49)7)71-42(62)35(57)32(25-14-10-8-11-15-25)51-44(63)72-45(3,4)5/h8-17,27-29,32-38,40,43,52,55-59,64H,18-22H2,1-7H3,(H,51,63)/t27-,28+,29-,32+,33-,34-,35-,36+,37-,38?,40+,43?,46-,47?,48+,49-,50-/m1/s1. The Balaban J connectivity index is 1.20. The van der Waals surface area contributed by atoms with Gasteiger partial charge in [-0.2, -0.15) is 0 Å². The second kappa shape index (κ2) is 18.8. The van der Waals surface area contributed by atoms with Gasteiger partial charge in [-0.25, -0.2) is 19.2 Å². The molecule has 0 bridgehead atoms. The molecule has 0 radical (unpaired) electrons. The molecule has 0 aromatic heterocycles. The summed E-state index contributed by atoms with van der Waals surface area (Å²) in [6, 6.07) is 14.1. The largest absolute Gasteiger partial charge is 0.459 e. The maximum atomic E-state index is 15.6. The number of ether oxygens (including phenoxy) is 8. The molecule has 1 amide bonds. The van der Waals surface area contributed by atoms with E-state index in [-0.39, 0.29) is 28.7 Å². The Morgan fingerprint density at radius 1 is 0.903 bits per heavy atom. The van der Waals surface area contributed by atoms with Crippen LogP contribution >= 0.6 is 0 Å². The van der Waals surface area contributed by atoms with Crippen molar-refractivity contribution in [2.45, 2.75) is 151 Å². The fraction of sp³-hybridized carbons (Fsp3) is 0.600. The van der Waals surface area contributed by atoms with E-state index in [1.165, 1.54) is 32.9 Å². The van der Waals surface area contributed by atoms with Crippen LogP contribution in [0, 0.1) is 16.7 Å². The second-order valence-electron chi connectivity index (χ2n) is 20.8. The first-order chi connectivity index (χ1) is 33.7. The molecule has 3 unspecified atom stereocenters. The fourth-order valence-corrected chi connectivity index (χ4v) is 12.1. The van der Waals surface area contributed by atoms with Crippen molar-refractivity contribution in [3.63, 3.8) is 0 Å². The third-order valence-electron chi connectivity index (χ3n) is 15.6. The Labute approximate surface area is 413 Å². The van der Waals surface area contributed by atoms with Crippen LogP contribution in [-0.2, 0) is 57.1 Å². The number of amides is 1. The van der Waals surface area contributed by atoms with Crippen molar-refractivity contribution in [2.24, 2.45) is 16.7 Å². The number of hydrogen-bond donors (Lipinski definition) is 8. The van der Waals surface area contributed by atoms with Crippen LogP contribution in [0.15, 0.2) is 71.8 Å². The number of aliphatic hydroxyl groups excluding tert-OH is 6. The number of fused-ring (bicyclic) bond motifs is 3. The number of ketones is 1. The number of nitrogens with one attached hydrogen (secondary N) is 1. The van der Waals surface area contributed by atoms with Crippen molar-refractivity contribution < 1.29 is 102 Å². The van der Waals surface area contributed by atoms with Crippen LogP contribution in [0.3, 0.4) is 0 Å². The molecule has 392 valence electrons. The Morgan fingerprint density at radius 3 is 2.12 bits per heavy atom. The SMILES string of the molecule is CC(=O)O[C@@]12CO[C@@H]1C[C@H](OC(=O)COC1O[C@H](CO)[C@@H](O)[C@H](O)[C@H]1O)[C@@]1(C)C(=O)[C@H](O)C3=C(C)[C@]4(OC(=O)[C@H](O)[C@@H](NC(=O)OC(C)(C)C)c5ccccc5)C[C@@](O)([C@@H](OC(=O)c5ccccc5)C12)C34C. The smallest absolute Gasteiger partial charge is 0.408 e. The number of carbonyl (C=O) groups is 6. The lowest BCUT2D eigenvalue weighted by atomic mass is 9.30. The van der Waals surface area contributed by atoms with E-state index in [1.54, 1.807) is 69.3 Å². The molecule has 5 fully saturated rings. The van der Waals surface area contributed by atoms with E-state index in [1.807, 2.05) is 0 Å². The first-order valence-corrected chi connectivity index (χ1v) is 23.5. The van der Waals surface area contributed by atoms with Crippen LogP contribution in [0.25, 0.3) is 0 Å². The van der Waals surface area contributed by atoms with Crippen molar-refractivity contribution in [1.29, 1.82) is 0 Å². The number of hydrogen-bond acceptors (Lipinski definition) is 21. The summed E-state index contributed by atoms with van der Waals surface area (Å²) in [6.45, 7) is 7.82. The van der Waals surface area contributed by atoms with Crippen molar-refractivity contribution in [3.8, 4) is 0 Å². The van der Waals surface area contributed by atoms with Crippen LogP contribution in [0.5, 0.6) is 0 Å². The molecule has 22 heteroatoms. The maximum Gasteiger partial charge on any atom is 0.408 e. The van der Waals surface area contributed by atoms with Crippen LogP contribution in [-0.4, -0.2) is 175 Å². The van der Waals surface area contributed by atoms with E-state index in [4.69, 9.17) is 37.9 Å². The number of Topliss-reactive ketones (excluding diaryl/α,β-unsaturated/α-hetero) is 1. The Kier molecular flexibility index (Phi) is 13.8. The van der Waals surface area contributed by atoms with E-state index >= 15 is 4.79 Å². The lowest BCUT2D eigenvalue weighted by Crippen LogP contribution is -2.90. The normalized spacial score (nSPS) is 38.4. The van der Waals surface area contributed by atoms with Gasteiger partial charge in [-0.3, -0.25) is 9.59 Å². The molecule has 6 aliphatic rings. The summed E-state index contributed by atoms with van der Waals surface area (Å²) in [7, 11) is 0. The van der Waals surface area contributed by atoms with Gasteiger partial charge in [0.15, 0.2) is 23.8 Å². The van der Waals surface area contributed by atoms with Crippen LogP contribution < -0.4 is 5.32 Å². The molecule has 2 aromatic rings. The van der Waals surface area contributed by atoms with Gasteiger partial charge in [0, 0.05) is 19.8 Å². The average Bonchev–Trinajstić information content (AvgIpc) is 3.33. The molecule has 2 aliphatic heterocycles. The van der Waals surface area contributed by atoms with E-state index in [2.05, 4.69) is 5.32 Å². The number of carbonyl (C=O) groups excluding carboxylic acids is 6. The van der Waals surface area contributed by atoms with Crippen molar-refractivity contribution in [3.05, 3.63) is 82.9 Å². The zero-order chi connectivity index (χ0) is 52.7. The van der Waals surface area contributed by atoms with E-state index < -0.39 is 168 Å². The molecule has 22 nitrogen and oxygen atoms in total. The molecule has 72 heavy (non-hydrogen) atoms. The first kappa shape index (κ1) is 52.9. The van der Waals surface area contributed by atoms with Gasteiger partial charge in [-0.1, -0.05) is 48.5 Å². The number of rotatable bonds is 13. The first-order valence-electron chi connectivity index (χ1n) is 23.5. The number of aliphatic hydroxyl groups is 7. The van der Waals surface area contributed by atoms with Gasteiger partial charge < -0.3 is 79.0 Å². The Hall–Kier alpha value is -5.40. The van der Waals surface area contributed by atoms with Crippen LogP contribution in [0.1, 0.15) is 83.3 Å². The predicted octanol–water partition coefficient (Wildman–Crippen LogP) is -0.00910. The van der Waals surface area contributed by atoms with Gasteiger partial charge in [0.2, 0.25) is 0 Å². The molecule has 3 saturated carbocycles. The van der Waals surface area contributed by atoms with Gasteiger partial charge in [0.25, 0.3) is 0 Å². The molecule has 2 aromatic carbocycles. The molecule has 2 saturated heterocycles. The summed E-state index contributed by atoms with van der Waals surface area (Å²) in [6.07, 6.45) is -19.7. The fourth-order valence-electron chi connectivity index (χ4n) is 12.1. The molecule has 4 aliphatic carbocycles. The summed E-state index contributed by atoms with van der Waals surface area (Å²) in [4.78, 5) is 84.6. The highest BCUT2D eigenvalue weighted by Gasteiger charge is 2.89. The topological polar surface area (TPSA) is 330 Å². The quantitative estimate of drug-likeness (QED) is 0.0743. The molecule has 0 spiro atoms. The summed E-state index contributed by atoms with van der Waals surface area (Å²) in [5, 5.41) is 81.1. The third-order valence-corrected chi connectivity index (χ3v) is 15.6. The number of esters is 4.